The number of rotatable bonds is 1. The summed E-state index contributed by atoms with van der Waals surface area (Å²) in [5.74, 6) is 0.768. The lowest BCUT2D eigenvalue weighted by molar-refractivity contribution is 1.05. The Morgan fingerprint density at radius 1 is 1.11 bits per heavy atom. The van der Waals surface area contributed by atoms with E-state index in [1.54, 1.807) is 12.4 Å². The van der Waals surface area contributed by atoms with Crippen LogP contribution in [0.4, 0.5) is 5.95 Å². The minimum atomic E-state index is 0.196. The van der Waals surface area contributed by atoms with Crippen LogP contribution in [0.3, 0.4) is 0 Å². The van der Waals surface area contributed by atoms with Gasteiger partial charge in [-0.2, -0.15) is 4.98 Å². The summed E-state index contributed by atoms with van der Waals surface area (Å²) in [5, 5.41) is 0. The third kappa shape index (κ3) is 1.80. The van der Waals surface area contributed by atoms with E-state index in [1.165, 1.54) is 0 Å². The monoisotopic (exact) mass is 256 g/mol. The van der Waals surface area contributed by atoms with Gasteiger partial charge >= 0.3 is 0 Å². The Balaban J connectivity index is 2.34. The van der Waals surface area contributed by atoms with Crippen molar-refractivity contribution >= 4 is 29.2 Å². The van der Waals surface area contributed by atoms with Gasteiger partial charge in [-0.25, -0.2) is 4.98 Å². The van der Waals surface area contributed by atoms with Gasteiger partial charge in [-0.3, -0.25) is 9.97 Å². The van der Waals surface area contributed by atoms with Crippen molar-refractivity contribution in [3.8, 4) is 11.4 Å². The Labute approximate surface area is 107 Å². The van der Waals surface area contributed by atoms with Gasteiger partial charge in [0.05, 0.1) is 11.0 Å². The summed E-state index contributed by atoms with van der Waals surface area (Å²) in [7, 11) is 0. The van der Waals surface area contributed by atoms with Crippen LogP contribution in [-0.2, 0) is 0 Å². The number of nitrogens with two attached hydrogens (primary N) is 1. The quantitative estimate of drug-likeness (QED) is 0.644. The van der Waals surface area contributed by atoms with Crippen molar-refractivity contribution in [2.75, 3.05) is 5.73 Å². The largest absolute Gasteiger partial charge is 0.369 e. The van der Waals surface area contributed by atoms with Gasteiger partial charge in [0, 0.05) is 18.0 Å². The van der Waals surface area contributed by atoms with Crippen LogP contribution < -0.4 is 5.73 Å². The number of nitrogens with one attached hydrogen (secondary N) is 1. The molecular weight excluding hydrogens is 248 g/mol. The van der Waals surface area contributed by atoms with E-state index in [0.717, 1.165) is 16.6 Å². The average Bonchev–Trinajstić information content (AvgIpc) is 2.37. The smallest absolute Gasteiger partial charge is 0.224 e. The number of hydrogen-bond acceptors (Lipinski definition) is 6. The third-order valence-corrected chi connectivity index (χ3v) is 2.61. The molecule has 3 aromatic rings. The molecule has 0 unspecified atom stereocenters. The number of aromatic amines is 1. The Morgan fingerprint density at radius 2 is 1.94 bits per heavy atom. The zero-order valence-electron chi connectivity index (χ0n) is 9.16. The molecule has 0 aliphatic heterocycles. The van der Waals surface area contributed by atoms with Crippen LogP contribution in [0, 0.1) is 4.77 Å². The van der Waals surface area contributed by atoms with Gasteiger partial charge in [-0.05, 0) is 24.4 Å². The first kappa shape index (κ1) is 10.7. The predicted molar refractivity (Wildman–Crippen MR) is 70.2 cm³/mol. The van der Waals surface area contributed by atoms with Crippen LogP contribution in [0.2, 0.25) is 0 Å². The first-order chi connectivity index (χ1) is 8.74. The van der Waals surface area contributed by atoms with Gasteiger partial charge in [0.25, 0.3) is 0 Å². The summed E-state index contributed by atoms with van der Waals surface area (Å²) in [6.45, 7) is 0. The molecule has 0 saturated carbocycles. The number of para-hydroxylation sites is 1. The van der Waals surface area contributed by atoms with E-state index < -0.39 is 0 Å². The number of hydrogen-bond donors (Lipinski definition) is 2. The highest BCUT2D eigenvalue weighted by molar-refractivity contribution is 7.71. The molecule has 2 heterocycles. The molecule has 3 rings (SSSR count). The van der Waals surface area contributed by atoms with Crippen LogP contribution in [0.25, 0.3) is 22.4 Å². The molecule has 0 bridgehead atoms. The highest BCUT2D eigenvalue weighted by atomic mass is 32.1. The Hall–Kier alpha value is -2.41. The van der Waals surface area contributed by atoms with Crippen molar-refractivity contribution in [3.63, 3.8) is 0 Å². The first-order valence-electron chi connectivity index (χ1n) is 5.18. The van der Waals surface area contributed by atoms with Crippen LogP contribution >= 0.6 is 12.2 Å². The normalized spacial score (nSPS) is 10.7. The van der Waals surface area contributed by atoms with E-state index in [2.05, 4.69) is 24.9 Å². The number of anilines is 1. The summed E-state index contributed by atoms with van der Waals surface area (Å²) in [6, 6.07) is 5.64. The minimum Gasteiger partial charge on any atom is -0.369 e. The molecule has 18 heavy (non-hydrogen) atoms. The molecule has 88 valence electrons. The predicted octanol–water partition coefficient (Wildman–Crippen LogP) is 1.73. The molecule has 6 nitrogen and oxygen atoms in total. The van der Waals surface area contributed by atoms with Crippen molar-refractivity contribution < 1.29 is 0 Å². The second kappa shape index (κ2) is 4.11. The lowest BCUT2D eigenvalue weighted by Gasteiger charge is -2.04. The first-order valence-corrected chi connectivity index (χ1v) is 5.59. The van der Waals surface area contributed by atoms with Gasteiger partial charge in [0.1, 0.15) is 5.82 Å². The maximum Gasteiger partial charge on any atom is 0.224 e. The van der Waals surface area contributed by atoms with Gasteiger partial charge in [0.2, 0.25) is 10.7 Å². The van der Waals surface area contributed by atoms with Crippen molar-refractivity contribution in [3.05, 3.63) is 35.4 Å². The molecule has 0 aliphatic carbocycles. The second-order valence-corrected chi connectivity index (χ2v) is 3.96. The van der Waals surface area contributed by atoms with Crippen molar-refractivity contribution in [2.45, 2.75) is 0 Å². The third-order valence-electron chi connectivity index (χ3n) is 2.42. The highest BCUT2D eigenvalue weighted by Crippen LogP contribution is 2.22. The number of benzene rings is 1. The molecule has 0 atom stereocenters. The van der Waals surface area contributed by atoms with Crippen molar-refractivity contribution in [1.29, 1.82) is 0 Å². The molecule has 0 fully saturated rings. The SMILES string of the molecule is Nc1nc(=S)nc(-c2cccc3nccnc23)[nH]1. The van der Waals surface area contributed by atoms with Gasteiger partial charge in [-0.1, -0.05) is 6.07 Å². The van der Waals surface area contributed by atoms with E-state index in [4.69, 9.17) is 18.0 Å². The zero-order chi connectivity index (χ0) is 12.5. The fourth-order valence-corrected chi connectivity index (χ4v) is 1.90. The average molecular weight is 256 g/mol. The maximum atomic E-state index is 5.63. The molecule has 1 aromatic carbocycles. The number of nitrogen functional groups attached to an aromatic ring is 1. The van der Waals surface area contributed by atoms with Gasteiger partial charge in [-0.15, -0.1) is 0 Å². The number of fused-ring (bicyclic) bond motifs is 1. The van der Waals surface area contributed by atoms with E-state index in [-0.39, 0.29) is 10.7 Å². The molecule has 7 heteroatoms. The van der Waals surface area contributed by atoms with Crippen LogP contribution in [0.5, 0.6) is 0 Å². The minimum absolute atomic E-state index is 0.196. The number of H-pyrrole nitrogens is 1. The van der Waals surface area contributed by atoms with Crippen LogP contribution in [0.1, 0.15) is 0 Å². The van der Waals surface area contributed by atoms with Gasteiger partial charge in [0.15, 0.2) is 0 Å². The molecule has 0 radical (unpaired) electrons. The molecular formula is C11H8N6S. The molecule has 0 aliphatic rings. The van der Waals surface area contributed by atoms with Crippen LogP contribution in [-0.4, -0.2) is 24.9 Å². The number of nitrogens with zero attached hydrogens (tertiary/aromatic N) is 4. The lowest BCUT2D eigenvalue weighted by atomic mass is 10.1. The molecule has 3 N–H and O–H groups in total. The van der Waals surface area contributed by atoms with E-state index >= 15 is 0 Å². The Morgan fingerprint density at radius 3 is 2.78 bits per heavy atom. The summed E-state index contributed by atoms with van der Waals surface area (Å²) in [4.78, 5) is 19.4. The molecule has 0 amide bonds. The van der Waals surface area contributed by atoms with Gasteiger partial charge < -0.3 is 10.7 Å². The fourth-order valence-electron chi connectivity index (χ4n) is 1.71. The summed E-state index contributed by atoms with van der Waals surface area (Å²) in [6.07, 6.45) is 3.27. The molecule has 0 saturated heterocycles. The van der Waals surface area contributed by atoms with Crippen molar-refractivity contribution in [2.24, 2.45) is 0 Å². The second-order valence-electron chi connectivity index (χ2n) is 3.59. The lowest BCUT2D eigenvalue weighted by Crippen LogP contribution is -2.00. The van der Waals surface area contributed by atoms with Crippen LogP contribution in [0.15, 0.2) is 30.6 Å². The van der Waals surface area contributed by atoms with Crippen molar-refractivity contribution in [1.82, 2.24) is 24.9 Å². The highest BCUT2D eigenvalue weighted by Gasteiger charge is 2.08. The maximum absolute atomic E-state index is 5.63. The Kier molecular flexibility index (Phi) is 2.45. The van der Waals surface area contributed by atoms with E-state index in [9.17, 15) is 0 Å². The number of aromatic nitrogens is 5. The fraction of sp³-hybridized carbons (Fsp3) is 0. The zero-order valence-corrected chi connectivity index (χ0v) is 9.98. The summed E-state index contributed by atoms with van der Waals surface area (Å²) in [5.41, 5.74) is 7.95. The summed E-state index contributed by atoms with van der Waals surface area (Å²) >= 11 is 4.95. The Bertz CT molecular complexity index is 776. The van der Waals surface area contributed by atoms with E-state index in [1.807, 2.05) is 18.2 Å². The molecule has 0 spiro atoms. The summed E-state index contributed by atoms with van der Waals surface area (Å²) < 4.78 is 0.196. The molecule has 2 aromatic heterocycles. The topological polar surface area (TPSA) is 93.4 Å². The van der Waals surface area contributed by atoms with E-state index in [0.29, 0.717) is 5.82 Å². The standard InChI is InChI=1S/C11H8N6S/c12-10-15-9(16-11(18)17-10)6-2-1-3-7-8(6)14-5-4-13-7/h1-5H,(H3,12,15,16,17,18).